The van der Waals surface area contributed by atoms with Crippen LogP contribution in [0.25, 0.3) is 0 Å². The van der Waals surface area contributed by atoms with E-state index in [0.29, 0.717) is 12.5 Å². The van der Waals surface area contributed by atoms with Gasteiger partial charge in [0.25, 0.3) is 0 Å². The number of hydrogen-bond donors (Lipinski definition) is 0. The summed E-state index contributed by atoms with van der Waals surface area (Å²) in [6.45, 7) is 9.36. The van der Waals surface area contributed by atoms with E-state index >= 15 is 0 Å². The van der Waals surface area contributed by atoms with Crippen LogP contribution < -0.4 is 4.90 Å². The van der Waals surface area contributed by atoms with Crippen LogP contribution in [-0.2, 0) is 11.3 Å². The molecule has 0 atom stereocenters. The number of aromatic nitrogens is 2. The minimum atomic E-state index is -0.401. The Bertz CT molecular complexity index is 711. The normalized spacial score (nSPS) is 15.1. The van der Waals surface area contributed by atoms with Crippen molar-refractivity contribution in [3.05, 3.63) is 53.7 Å². The standard InChI is InChI=1S/C21H28N4O2/c1-17(2)10-15-27-21(26)19-8-9-20(23-22-19)25-13-11-24(12-14-25)16-18-6-4-3-5-7-18/h3-9,17H,10-16H2,1-2H3. The zero-order valence-corrected chi connectivity index (χ0v) is 16.2. The summed E-state index contributed by atoms with van der Waals surface area (Å²) in [4.78, 5) is 16.6. The Morgan fingerprint density at radius 1 is 1.04 bits per heavy atom. The van der Waals surface area contributed by atoms with Crippen molar-refractivity contribution in [3.8, 4) is 0 Å². The zero-order valence-electron chi connectivity index (χ0n) is 16.2. The molecule has 0 aliphatic carbocycles. The number of carbonyl (C=O) groups is 1. The molecule has 1 aromatic carbocycles. The molecule has 1 saturated heterocycles. The van der Waals surface area contributed by atoms with E-state index in [1.165, 1.54) is 5.56 Å². The van der Waals surface area contributed by atoms with Gasteiger partial charge in [0.1, 0.15) is 0 Å². The lowest BCUT2D eigenvalue weighted by Crippen LogP contribution is -2.46. The molecule has 3 rings (SSSR count). The second kappa shape index (κ2) is 9.46. The predicted molar refractivity (Wildman–Crippen MR) is 106 cm³/mol. The molecule has 2 aromatic rings. The van der Waals surface area contributed by atoms with Crippen LogP contribution in [0.1, 0.15) is 36.3 Å². The summed E-state index contributed by atoms with van der Waals surface area (Å²) >= 11 is 0. The van der Waals surface area contributed by atoms with E-state index in [1.807, 2.05) is 12.1 Å². The summed E-state index contributed by atoms with van der Waals surface area (Å²) in [6.07, 6.45) is 0.852. The van der Waals surface area contributed by atoms with E-state index in [1.54, 1.807) is 6.07 Å². The lowest BCUT2D eigenvalue weighted by atomic mass is 10.1. The fourth-order valence-electron chi connectivity index (χ4n) is 3.04. The zero-order chi connectivity index (χ0) is 19.1. The summed E-state index contributed by atoms with van der Waals surface area (Å²) in [5.74, 6) is 0.919. The summed E-state index contributed by atoms with van der Waals surface area (Å²) in [6, 6.07) is 14.1. The average molecular weight is 368 g/mol. The summed E-state index contributed by atoms with van der Waals surface area (Å²) in [7, 11) is 0. The lowest BCUT2D eigenvalue weighted by molar-refractivity contribution is 0.0480. The van der Waals surface area contributed by atoms with Crippen LogP contribution in [0.5, 0.6) is 0 Å². The number of benzene rings is 1. The van der Waals surface area contributed by atoms with Crippen molar-refractivity contribution >= 4 is 11.8 Å². The number of anilines is 1. The van der Waals surface area contributed by atoms with Gasteiger partial charge in [0.15, 0.2) is 11.5 Å². The van der Waals surface area contributed by atoms with Gasteiger partial charge in [-0.3, -0.25) is 4.90 Å². The van der Waals surface area contributed by atoms with Crippen molar-refractivity contribution in [2.45, 2.75) is 26.8 Å². The van der Waals surface area contributed by atoms with E-state index in [-0.39, 0.29) is 5.69 Å². The minimum absolute atomic E-state index is 0.269. The van der Waals surface area contributed by atoms with Crippen LogP contribution >= 0.6 is 0 Å². The van der Waals surface area contributed by atoms with Crippen molar-refractivity contribution in [1.82, 2.24) is 15.1 Å². The maximum atomic E-state index is 12.0. The van der Waals surface area contributed by atoms with E-state index in [4.69, 9.17) is 4.74 Å². The van der Waals surface area contributed by atoms with Crippen molar-refractivity contribution in [2.24, 2.45) is 5.92 Å². The Balaban J connectivity index is 1.47. The fourth-order valence-corrected chi connectivity index (χ4v) is 3.04. The molecular weight excluding hydrogens is 340 g/mol. The molecule has 6 heteroatoms. The highest BCUT2D eigenvalue weighted by Gasteiger charge is 2.19. The average Bonchev–Trinajstić information content (AvgIpc) is 2.69. The molecule has 1 aromatic heterocycles. The van der Waals surface area contributed by atoms with Gasteiger partial charge in [0.05, 0.1) is 6.61 Å². The molecule has 0 amide bonds. The SMILES string of the molecule is CC(C)CCOC(=O)c1ccc(N2CCN(Cc3ccccc3)CC2)nn1. The molecule has 0 N–H and O–H groups in total. The first-order valence-electron chi connectivity index (χ1n) is 9.64. The van der Waals surface area contributed by atoms with Gasteiger partial charge in [0.2, 0.25) is 0 Å². The third-order valence-electron chi connectivity index (χ3n) is 4.73. The quantitative estimate of drug-likeness (QED) is 0.700. The molecule has 0 unspecified atom stereocenters. The third-order valence-corrected chi connectivity index (χ3v) is 4.73. The first kappa shape index (κ1) is 19.3. The van der Waals surface area contributed by atoms with Gasteiger partial charge in [-0.2, -0.15) is 0 Å². The molecule has 144 valence electrons. The topological polar surface area (TPSA) is 58.6 Å². The maximum absolute atomic E-state index is 12.0. The Hall–Kier alpha value is -2.47. The monoisotopic (exact) mass is 368 g/mol. The van der Waals surface area contributed by atoms with Gasteiger partial charge < -0.3 is 9.64 Å². The van der Waals surface area contributed by atoms with Crippen LogP contribution in [-0.4, -0.2) is 53.9 Å². The number of piperazine rings is 1. The molecule has 0 spiro atoms. The molecule has 2 heterocycles. The number of carbonyl (C=O) groups excluding carboxylic acids is 1. The minimum Gasteiger partial charge on any atom is -0.461 e. The molecule has 0 radical (unpaired) electrons. The molecule has 1 aliphatic heterocycles. The first-order chi connectivity index (χ1) is 13.1. The Morgan fingerprint density at radius 2 is 1.78 bits per heavy atom. The summed E-state index contributed by atoms with van der Waals surface area (Å²) < 4.78 is 5.23. The van der Waals surface area contributed by atoms with Crippen molar-refractivity contribution in [1.29, 1.82) is 0 Å². The van der Waals surface area contributed by atoms with E-state index in [0.717, 1.165) is 45.0 Å². The highest BCUT2D eigenvalue weighted by atomic mass is 16.5. The Morgan fingerprint density at radius 3 is 2.41 bits per heavy atom. The van der Waals surface area contributed by atoms with Gasteiger partial charge in [-0.25, -0.2) is 4.79 Å². The third kappa shape index (κ3) is 5.76. The number of rotatable bonds is 7. The van der Waals surface area contributed by atoms with Gasteiger partial charge in [-0.1, -0.05) is 44.2 Å². The van der Waals surface area contributed by atoms with Crippen LogP contribution in [0, 0.1) is 5.92 Å². The predicted octanol–water partition coefficient (Wildman–Crippen LogP) is 3.00. The van der Waals surface area contributed by atoms with Gasteiger partial charge in [-0.05, 0) is 30.0 Å². The number of ether oxygens (including phenoxy) is 1. The van der Waals surface area contributed by atoms with Crippen LogP contribution in [0.3, 0.4) is 0 Å². The largest absolute Gasteiger partial charge is 0.461 e. The second-order valence-corrected chi connectivity index (χ2v) is 7.34. The van der Waals surface area contributed by atoms with E-state index < -0.39 is 5.97 Å². The van der Waals surface area contributed by atoms with Crippen molar-refractivity contribution < 1.29 is 9.53 Å². The van der Waals surface area contributed by atoms with Gasteiger partial charge in [0, 0.05) is 32.7 Å². The van der Waals surface area contributed by atoms with Crippen molar-refractivity contribution in [2.75, 3.05) is 37.7 Å². The smallest absolute Gasteiger partial charge is 0.358 e. The van der Waals surface area contributed by atoms with Gasteiger partial charge >= 0.3 is 5.97 Å². The number of esters is 1. The number of hydrogen-bond acceptors (Lipinski definition) is 6. The fraction of sp³-hybridized carbons (Fsp3) is 0.476. The Kier molecular flexibility index (Phi) is 6.76. The first-order valence-corrected chi connectivity index (χ1v) is 9.64. The molecule has 27 heavy (non-hydrogen) atoms. The Labute approximate surface area is 161 Å². The number of nitrogens with zero attached hydrogens (tertiary/aromatic N) is 4. The van der Waals surface area contributed by atoms with E-state index in [2.05, 4.69) is 58.1 Å². The summed E-state index contributed by atoms with van der Waals surface area (Å²) in [5, 5.41) is 8.29. The molecular formula is C21H28N4O2. The van der Waals surface area contributed by atoms with E-state index in [9.17, 15) is 4.79 Å². The van der Waals surface area contributed by atoms with Crippen LogP contribution in [0.2, 0.25) is 0 Å². The molecule has 1 fully saturated rings. The lowest BCUT2D eigenvalue weighted by Gasteiger charge is -2.35. The molecule has 0 bridgehead atoms. The molecule has 6 nitrogen and oxygen atoms in total. The second-order valence-electron chi connectivity index (χ2n) is 7.34. The van der Waals surface area contributed by atoms with Gasteiger partial charge in [-0.15, -0.1) is 10.2 Å². The highest BCUT2D eigenvalue weighted by molar-refractivity contribution is 5.87. The van der Waals surface area contributed by atoms with Crippen molar-refractivity contribution in [3.63, 3.8) is 0 Å². The van der Waals surface area contributed by atoms with Crippen LogP contribution in [0.4, 0.5) is 5.82 Å². The van der Waals surface area contributed by atoms with Crippen LogP contribution in [0.15, 0.2) is 42.5 Å². The molecule has 0 saturated carbocycles. The maximum Gasteiger partial charge on any atom is 0.358 e. The highest BCUT2D eigenvalue weighted by Crippen LogP contribution is 2.15. The molecule has 1 aliphatic rings. The summed E-state index contributed by atoms with van der Waals surface area (Å²) in [5.41, 5.74) is 1.61.